The summed E-state index contributed by atoms with van der Waals surface area (Å²) in [5.41, 5.74) is 2.45. The Morgan fingerprint density at radius 3 is 2.41 bits per heavy atom. The maximum atomic E-state index is 11.1. The van der Waals surface area contributed by atoms with Crippen molar-refractivity contribution in [1.29, 1.82) is 0 Å². The van der Waals surface area contributed by atoms with Crippen molar-refractivity contribution in [2.45, 2.75) is 70.1 Å². The van der Waals surface area contributed by atoms with Crippen LogP contribution in [0.3, 0.4) is 0 Å². The van der Waals surface area contributed by atoms with E-state index >= 15 is 0 Å². The highest BCUT2D eigenvalue weighted by Gasteiger charge is 2.08. The standard InChI is InChI=1S/C19H29ClO2/c1-3-4-5-6-7-10-18(20)17-14-12-16(13-15-17)9-8-11-19(21)22-2/h12-15,18H,3-11H2,1-2H3. The van der Waals surface area contributed by atoms with Gasteiger partial charge in [-0.05, 0) is 30.4 Å². The third kappa shape index (κ3) is 7.84. The van der Waals surface area contributed by atoms with Gasteiger partial charge in [0.15, 0.2) is 0 Å². The average Bonchev–Trinajstić information content (AvgIpc) is 2.55. The van der Waals surface area contributed by atoms with Gasteiger partial charge in [0.25, 0.3) is 0 Å². The van der Waals surface area contributed by atoms with Crippen molar-refractivity contribution in [3.05, 3.63) is 35.4 Å². The van der Waals surface area contributed by atoms with Crippen molar-refractivity contribution in [2.24, 2.45) is 0 Å². The third-order valence-corrected chi connectivity index (χ3v) is 4.45. The zero-order chi connectivity index (χ0) is 16.2. The predicted octanol–water partition coefficient (Wildman–Crippen LogP) is 5.82. The Morgan fingerprint density at radius 2 is 1.77 bits per heavy atom. The highest BCUT2D eigenvalue weighted by molar-refractivity contribution is 6.20. The van der Waals surface area contributed by atoms with Crippen molar-refractivity contribution >= 4 is 17.6 Å². The molecule has 0 radical (unpaired) electrons. The highest BCUT2D eigenvalue weighted by atomic mass is 35.5. The summed E-state index contributed by atoms with van der Waals surface area (Å²) in [6, 6.07) is 8.49. The second kappa shape index (κ2) is 11.5. The molecule has 0 amide bonds. The van der Waals surface area contributed by atoms with Gasteiger partial charge in [-0.3, -0.25) is 4.79 Å². The van der Waals surface area contributed by atoms with E-state index < -0.39 is 0 Å². The predicted molar refractivity (Wildman–Crippen MR) is 93.4 cm³/mol. The first-order chi connectivity index (χ1) is 10.7. The fourth-order valence-corrected chi connectivity index (χ4v) is 2.83. The van der Waals surface area contributed by atoms with Crippen LogP contribution in [0.25, 0.3) is 0 Å². The van der Waals surface area contributed by atoms with Crippen molar-refractivity contribution in [3.8, 4) is 0 Å². The Balaban J connectivity index is 2.29. The van der Waals surface area contributed by atoms with Gasteiger partial charge >= 0.3 is 5.97 Å². The number of alkyl halides is 1. The fourth-order valence-electron chi connectivity index (χ4n) is 2.53. The summed E-state index contributed by atoms with van der Waals surface area (Å²) in [5, 5.41) is 0.116. The lowest BCUT2D eigenvalue weighted by Gasteiger charge is -2.10. The number of ether oxygens (including phenoxy) is 1. The Labute approximate surface area is 140 Å². The van der Waals surface area contributed by atoms with Gasteiger partial charge in [-0.2, -0.15) is 0 Å². The molecule has 22 heavy (non-hydrogen) atoms. The number of aryl methyl sites for hydroxylation is 1. The van der Waals surface area contributed by atoms with E-state index in [-0.39, 0.29) is 11.3 Å². The van der Waals surface area contributed by atoms with E-state index in [1.165, 1.54) is 50.3 Å². The van der Waals surface area contributed by atoms with Gasteiger partial charge in [0, 0.05) is 6.42 Å². The van der Waals surface area contributed by atoms with E-state index in [2.05, 4.69) is 35.9 Å². The van der Waals surface area contributed by atoms with Crippen molar-refractivity contribution in [3.63, 3.8) is 0 Å². The average molecular weight is 325 g/mol. The molecule has 0 bridgehead atoms. The molecule has 0 spiro atoms. The fraction of sp³-hybridized carbons (Fsp3) is 0.632. The normalized spacial score (nSPS) is 12.1. The molecule has 3 heteroatoms. The lowest BCUT2D eigenvalue weighted by atomic mass is 10.0. The highest BCUT2D eigenvalue weighted by Crippen LogP contribution is 2.27. The van der Waals surface area contributed by atoms with Crippen LogP contribution in [0.15, 0.2) is 24.3 Å². The van der Waals surface area contributed by atoms with Gasteiger partial charge in [-0.15, -0.1) is 11.6 Å². The van der Waals surface area contributed by atoms with E-state index in [9.17, 15) is 4.79 Å². The molecule has 1 aromatic rings. The van der Waals surface area contributed by atoms with Gasteiger partial charge in [-0.25, -0.2) is 0 Å². The minimum absolute atomic E-state index is 0.116. The molecule has 1 rings (SSSR count). The molecule has 0 heterocycles. The molecule has 2 nitrogen and oxygen atoms in total. The number of benzene rings is 1. The van der Waals surface area contributed by atoms with E-state index in [1.807, 2.05) is 0 Å². The van der Waals surface area contributed by atoms with E-state index in [1.54, 1.807) is 0 Å². The van der Waals surface area contributed by atoms with Crippen LogP contribution in [0, 0.1) is 0 Å². The molecule has 0 saturated heterocycles. The number of methoxy groups -OCH3 is 1. The summed E-state index contributed by atoms with van der Waals surface area (Å²) in [6.45, 7) is 2.23. The quantitative estimate of drug-likeness (QED) is 0.291. The second-order valence-electron chi connectivity index (χ2n) is 5.84. The maximum Gasteiger partial charge on any atom is 0.305 e. The number of carbonyl (C=O) groups excluding carboxylic acids is 1. The summed E-state index contributed by atoms with van der Waals surface area (Å²) >= 11 is 6.47. The molecular weight excluding hydrogens is 296 g/mol. The van der Waals surface area contributed by atoms with Gasteiger partial charge in [0.2, 0.25) is 0 Å². The molecule has 0 saturated carbocycles. The zero-order valence-electron chi connectivity index (χ0n) is 13.9. The third-order valence-electron chi connectivity index (χ3n) is 3.98. The maximum absolute atomic E-state index is 11.1. The summed E-state index contributed by atoms with van der Waals surface area (Å²) < 4.78 is 4.64. The van der Waals surface area contributed by atoms with Crippen LogP contribution in [0.1, 0.15) is 74.8 Å². The molecule has 1 unspecified atom stereocenters. The topological polar surface area (TPSA) is 26.3 Å². The van der Waals surface area contributed by atoms with E-state index in [4.69, 9.17) is 11.6 Å². The van der Waals surface area contributed by atoms with Crippen molar-refractivity contribution in [2.75, 3.05) is 7.11 Å². The molecule has 0 aliphatic heterocycles. The minimum Gasteiger partial charge on any atom is -0.469 e. The van der Waals surface area contributed by atoms with Crippen LogP contribution in [0.4, 0.5) is 0 Å². The Kier molecular flexibility index (Phi) is 9.98. The smallest absolute Gasteiger partial charge is 0.305 e. The van der Waals surface area contributed by atoms with Crippen molar-refractivity contribution < 1.29 is 9.53 Å². The number of unbranched alkanes of at least 4 members (excludes halogenated alkanes) is 4. The number of carbonyl (C=O) groups is 1. The monoisotopic (exact) mass is 324 g/mol. The molecule has 0 aromatic heterocycles. The van der Waals surface area contributed by atoms with Crippen LogP contribution < -0.4 is 0 Å². The lowest BCUT2D eigenvalue weighted by molar-refractivity contribution is -0.140. The summed E-state index contributed by atoms with van der Waals surface area (Å²) in [7, 11) is 1.43. The Bertz CT molecular complexity index is 414. The lowest BCUT2D eigenvalue weighted by Crippen LogP contribution is -2.00. The van der Waals surface area contributed by atoms with Gasteiger partial charge < -0.3 is 4.74 Å². The first-order valence-electron chi connectivity index (χ1n) is 8.47. The van der Waals surface area contributed by atoms with Gasteiger partial charge in [0.1, 0.15) is 0 Å². The summed E-state index contributed by atoms with van der Waals surface area (Å²) in [6.07, 6.45) is 9.67. The first-order valence-corrected chi connectivity index (χ1v) is 8.90. The number of rotatable bonds is 11. The SMILES string of the molecule is CCCCCCCC(Cl)c1ccc(CCCC(=O)OC)cc1. The van der Waals surface area contributed by atoms with E-state index in [0.717, 1.165) is 19.3 Å². The molecule has 0 aliphatic rings. The first kappa shape index (κ1) is 19.0. The van der Waals surface area contributed by atoms with Crippen molar-refractivity contribution in [1.82, 2.24) is 0 Å². The second-order valence-corrected chi connectivity index (χ2v) is 6.37. The molecule has 0 aliphatic carbocycles. The van der Waals surface area contributed by atoms with Crippen LogP contribution in [-0.4, -0.2) is 13.1 Å². The summed E-state index contributed by atoms with van der Waals surface area (Å²) in [4.78, 5) is 11.1. The Morgan fingerprint density at radius 1 is 1.09 bits per heavy atom. The Hall–Kier alpha value is -1.02. The molecular formula is C19H29ClO2. The number of hydrogen-bond donors (Lipinski definition) is 0. The summed E-state index contributed by atoms with van der Waals surface area (Å²) in [5.74, 6) is -0.138. The molecule has 1 aromatic carbocycles. The van der Waals surface area contributed by atoms with Crippen LogP contribution in [-0.2, 0) is 16.0 Å². The number of esters is 1. The molecule has 1 atom stereocenters. The van der Waals surface area contributed by atoms with Crippen LogP contribution in [0.5, 0.6) is 0 Å². The molecule has 0 N–H and O–H groups in total. The zero-order valence-corrected chi connectivity index (χ0v) is 14.7. The largest absolute Gasteiger partial charge is 0.469 e. The number of halogens is 1. The number of hydrogen-bond acceptors (Lipinski definition) is 2. The minimum atomic E-state index is -0.138. The van der Waals surface area contributed by atoms with Crippen LogP contribution in [0.2, 0.25) is 0 Å². The van der Waals surface area contributed by atoms with Crippen LogP contribution >= 0.6 is 11.6 Å². The molecule has 124 valence electrons. The van der Waals surface area contributed by atoms with Gasteiger partial charge in [-0.1, -0.05) is 63.3 Å². The molecule has 0 fully saturated rings. The van der Waals surface area contributed by atoms with Gasteiger partial charge in [0.05, 0.1) is 12.5 Å². The van der Waals surface area contributed by atoms with E-state index in [0.29, 0.717) is 6.42 Å².